The van der Waals surface area contributed by atoms with E-state index in [0.29, 0.717) is 25.8 Å². The van der Waals surface area contributed by atoms with Crippen molar-refractivity contribution in [1.29, 1.82) is 0 Å². The molecule has 0 aromatic heterocycles. The van der Waals surface area contributed by atoms with Gasteiger partial charge in [-0.1, -0.05) is 24.3 Å². The molecule has 0 aliphatic rings. The summed E-state index contributed by atoms with van der Waals surface area (Å²) in [5, 5.41) is 2.67. The maximum atomic E-state index is 13.4. The number of ether oxygens (including phenoxy) is 2. The van der Waals surface area contributed by atoms with E-state index in [1.165, 1.54) is 0 Å². The van der Waals surface area contributed by atoms with Gasteiger partial charge in [0.25, 0.3) is 5.91 Å². The normalized spacial score (nSPS) is 10.5. The van der Waals surface area contributed by atoms with E-state index >= 15 is 0 Å². The fourth-order valence-electron chi connectivity index (χ4n) is 1.96. The summed E-state index contributed by atoms with van der Waals surface area (Å²) < 4.78 is 36.5. The number of carbonyl (C=O) groups excluding carboxylic acids is 1. The lowest BCUT2D eigenvalue weighted by Crippen LogP contribution is -2.28. The number of carbonyl (C=O) groups is 1. The second kappa shape index (κ2) is 8.98. The van der Waals surface area contributed by atoms with Crippen LogP contribution in [0.15, 0.2) is 42.5 Å². The Bertz CT molecular complexity index is 674. The molecule has 0 radical (unpaired) electrons. The highest BCUT2D eigenvalue weighted by Crippen LogP contribution is 2.17. The average molecular weight is 335 g/mol. The van der Waals surface area contributed by atoms with Crippen LogP contribution in [0.4, 0.5) is 8.78 Å². The molecule has 0 saturated heterocycles. The third-order valence-electron chi connectivity index (χ3n) is 3.24. The standard InChI is InChI=1S/C18H19F2NO3/c1-2-23-11-14-5-3-13(4-6-14)10-21-18(22)12-24-17-8-7-15(19)9-16(17)20/h3-9H,2,10-12H2,1H3,(H,21,22). The molecule has 1 amide bonds. The van der Waals surface area contributed by atoms with Crippen molar-refractivity contribution in [3.05, 3.63) is 65.2 Å². The molecule has 0 fully saturated rings. The Morgan fingerprint density at radius 3 is 2.46 bits per heavy atom. The monoisotopic (exact) mass is 335 g/mol. The predicted octanol–water partition coefficient (Wildman–Crippen LogP) is 3.20. The molecule has 0 bridgehead atoms. The van der Waals surface area contributed by atoms with E-state index < -0.39 is 17.5 Å². The Morgan fingerprint density at radius 1 is 1.08 bits per heavy atom. The third-order valence-corrected chi connectivity index (χ3v) is 3.24. The summed E-state index contributed by atoms with van der Waals surface area (Å²) in [5.74, 6) is -2.09. The van der Waals surface area contributed by atoms with Crippen molar-refractivity contribution in [2.45, 2.75) is 20.1 Å². The molecular weight excluding hydrogens is 316 g/mol. The Morgan fingerprint density at radius 2 is 1.79 bits per heavy atom. The maximum absolute atomic E-state index is 13.4. The minimum absolute atomic E-state index is 0.160. The van der Waals surface area contributed by atoms with Crippen LogP contribution in [-0.4, -0.2) is 19.1 Å². The molecule has 4 nitrogen and oxygen atoms in total. The molecule has 0 aliphatic heterocycles. The molecule has 2 aromatic carbocycles. The van der Waals surface area contributed by atoms with Gasteiger partial charge >= 0.3 is 0 Å². The third kappa shape index (κ3) is 5.62. The molecule has 0 saturated carbocycles. The maximum Gasteiger partial charge on any atom is 0.258 e. The first-order chi connectivity index (χ1) is 11.6. The summed E-state index contributed by atoms with van der Waals surface area (Å²) in [6.07, 6.45) is 0. The predicted molar refractivity (Wildman–Crippen MR) is 85.5 cm³/mol. The van der Waals surface area contributed by atoms with E-state index in [0.717, 1.165) is 23.3 Å². The first kappa shape index (κ1) is 17.9. The van der Waals surface area contributed by atoms with Crippen LogP contribution in [-0.2, 0) is 22.7 Å². The van der Waals surface area contributed by atoms with Crippen molar-refractivity contribution in [2.24, 2.45) is 0 Å². The van der Waals surface area contributed by atoms with Crippen LogP contribution in [0.5, 0.6) is 5.75 Å². The van der Waals surface area contributed by atoms with Gasteiger partial charge in [0.2, 0.25) is 0 Å². The largest absolute Gasteiger partial charge is 0.481 e. The lowest BCUT2D eigenvalue weighted by atomic mass is 10.1. The number of hydrogen-bond acceptors (Lipinski definition) is 3. The fourth-order valence-corrected chi connectivity index (χ4v) is 1.96. The van der Waals surface area contributed by atoms with Crippen molar-refractivity contribution in [2.75, 3.05) is 13.2 Å². The second-order valence-corrected chi connectivity index (χ2v) is 5.09. The molecule has 6 heteroatoms. The molecule has 24 heavy (non-hydrogen) atoms. The van der Waals surface area contributed by atoms with Gasteiger partial charge in [-0.05, 0) is 30.2 Å². The molecule has 0 aliphatic carbocycles. The topological polar surface area (TPSA) is 47.6 Å². The van der Waals surface area contributed by atoms with Gasteiger partial charge in [-0.3, -0.25) is 4.79 Å². The minimum Gasteiger partial charge on any atom is -0.481 e. The van der Waals surface area contributed by atoms with Crippen molar-refractivity contribution < 1.29 is 23.0 Å². The van der Waals surface area contributed by atoms with Crippen molar-refractivity contribution in [1.82, 2.24) is 5.32 Å². The van der Waals surface area contributed by atoms with E-state index in [1.54, 1.807) is 0 Å². The van der Waals surface area contributed by atoms with Gasteiger partial charge in [-0.15, -0.1) is 0 Å². The Balaban J connectivity index is 1.76. The zero-order valence-corrected chi connectivity index (χ0v) is 13.4. The van der Waals surface area contributed by atoms with E-state index in [1.807, 2.05) is 31.2 Å². The quantitative estimate of drug-likeness (QED) is 0.806. The number of amides is 1. The lowest BCUT2D eigenvalue weighted by molar-refractivity contribution is -0.123. The van der Waals surface area contributed by atoms with Crippen LogP contribution in [0, 0.1) is 11.6 Å². The van der Waals surface area contributed by atoms with Gasteiger partial charge in [-0.25, -0.2) is 8.78 Å². The first-order valence-corrected chi connectivity index (χ1v) is 7.58. The van der Waals surface area contributed by atoms with Gasteiger partial charge in [0.05, 0.1) is 6.61 Å². The Labute approximate surface area is 139 Å². The van der Waals surface area contributed by atoms with Gasteiger partial charge in [0.15, 0.2) is 18.2 Å². The van der Waals surface area contributed by atoms with E-state index in [4.69, 9.17) is 9.47 Å². The fraction of sp³-hybridized carbons (Fsp3) is 0.278. The summed E-state index contributed by atoms with van der Waals surface area (Å²) in [5.41, 5.74) is 1.98. The van der Waals surface area contributed by atoms with Crippen molar-refractivity contribution in [3.8, 4) is 5.75 Å². The highest BCUT2D eigenvalue weighted by Gasteiger charge is 2.08. The number of halogens is 2. The summed E-state index contributed by atoms with van der Waals surface area (Å²) in [6.45, 7) is 3.14. The summed E-state index contributed by atoms with van der Waals surface area (Å²) >= 11 is 0. The molecule has 0 atom stereocenters. The van der Waals surface area contributed by atoms with E-state index in [2.05, 4.69) is 5.32 Å². The van der Waals surface area contributed by atoms with E-state index in [-0.39, 0.29) is 12.4 Å². The smallest absolute Gasteiger partial charge is 0.258 e. The Hall–Kier alpha value is -2.47. The number of rotatable bonds is 8. The summed E-state index contributed by atoms with van der Waals surface area (Å²) in [7, 11) is 0. The summed E-state index contributed by atoms with van der Waals surface area (Å²) in [6, 6.07) is 10.6. The first-order valence-electron chi connectivity index (χ1n) is 7.58. The minimum atomic E-state index is -0.840. The molecule has 0 spiro atoms. The van der Waals surface area contributed by atoms with Gasteiger partial charge in [0, 0.05) is 19.2 Å². The molecule has 1 N–H and O–H groups in total. The average Bonchev–Trinajstić information content (AvgIpc) is 2.58. The van der Waals surface area contributed by atoms with Gasteiger partial charge in [0.1, 0.15) is 5.82 Å². The lowest BCUT2D eigenvalue weighted by Gasteiger charge is -2.09. The van der Waals surface area contributed by atoms with Crippen LogP contribution in [0.1, 0.15) is 18.1 Å². The number of nitrogens with one attached hydrogen (secondary N) is 1. The molecule has 0 unspecified atom stereocenters. The number of hydrogen-bond donors (Lipinski definition) is 1. The SMILES string of the molecule is CCOCc1ccc(CNC(=O)COc2ccc(F)cc2F)cc1. The van der Waals surface area contributed by atoms with E-state index in [9.17, 15) is 13.6 Å². The highest BCUT2D eigenvalue weighted by molar-refractivity contribution is 5.77. The van der Waals surface area contributed by atoms with Crippen LogP contribution in [0.2, 0.25) is 0 Å². The van der Waals surface area contributed by atoms with Crippen LogP contribution in [0.3, 0.4) is 0 Å². The molecule has 2 rings (SSSR count). The van der Waals surface area contributed by atoms with Crippen LogP contribution >= 0.6 is 0 Å². The Kier molecular flexibility index (Phi) is 6.69. The molecule has 128 valence electrons. The second-order valence-electron chi connectivity index (χ2n) is 5.09. The molecule has 2 aromatic rings. The van der Waals surface area contributed by atoms with Crippen molar-refractivity contribution in [3.63, 3.8) is 0 Å². The highest BCUT2D eigenvalue weighted by atomic mass is 19.1. The van der Waals surface area contributed by atoms with Crippen LogP contribution < -0.4 is 10.1 Å². The molecular formula is C18H19F2NO3. The number of benzene rings is 2. The van der Waals surface area contributed by atoms with Crippen LogP contribution in [0.25, 0.3) is 0 Å². The molecule has 0 heterocycles. The summed E-state index contributed by atoms with van der Waals surface area (Å²) in [4.78, 5) is 11.7. The van der Waals surface area contributed by atoms with Crippen molar-refractivity contribution >= 4 is 5.91 Å². The van der Waals surface area contributed by atoms with Gasteiger partial charge in [-0.2, -0.15) is 0 Å². The van der Waals surface area contributed by atoms with Gasteiger partial charge < -0.3 is 14.8 Å². The zero-order chi connectivity index (χ0) is 17.4. The zero-order valence-electron chi connectivity index (χ0n) is 13.4.